The van der Waals surface area contributed by atoms with Crippen LogP contribution in [0.3, 0.4) is 0 Å². The van der Waals surface area contributed by atoms with Gasteiger partial charge in [0, 0.05) is 45.0 Å². The lowest BCUT2D eigenvalue weighted by molar-refractivity contribution is 0.150. The minimum atomic E-state index is 0.359. The molecule has 0 saturated carbocycles. The number of ether oxygens (including phenoxy) is 3. The first kappa shape index (κ1) is 28.8. The monoisotopic (exact) mass is 532 g/mol. The largest absolute Gasteiger partial charge is 0.508 e. The molecule has 1 aliphatic carbocycles. The minimum absolute atomic E-state index is 0.359. The summed E-state index contributed by atoms with van der Waals surface area (Å²) in [6.45, 7) is 7.16. The number of benzene rings is 3. The average molecular weight is 533 g/mol. The number of rotatable bonds is 14. The topological polar surface area (TPSA) is 54.4 Å². The van der Waals surface area contributed by atoms with Crippen molar-refractivity contribution in [3.63, 3.8) is 0 Å². The zero-order valence-corrected chi connectivity index (χ0v) is 24.0. The summed E-state index contributed by atoms with van der Waals surface area (Å²) >= 11 is 0. The molecule has 0 spiro atoms. The van der Waals surface area contributed by atoms with Gasteiger partial charge in [-0.15, -0.1) is 0 Å². The number of aromatic hydroxyl groups is 1. The van der Waals surface area contributed by atoms with Crippen LogP contribution in [0.5, 0.6) is 17.2 Å². The molecule has 0 aliphatic heterocycles. The number of aryl methyl sites for hydroxylation is 1. The van der Waals surface area contributed by atoms with E-state index in [1.807, 2.05) is 12.1 Å². The van der Waals surface area contributed by atoms with Gasteiger partial charge >= 0.3 is 0 Å². The highest BCUT2D eigenvalue weighted by atomic mass is 16.5. The maximum atomic E-state index is 9.92. The van der Waals surface area contributed by atoms with Crippen molar-refractivity contribution in [2.75, 3.05) is 59.0 Å². The Balaban J connectivity index is 1.48. The molecule has 0 heterocycles. The lowest BCUT2D eigenvalue weighted by Crippen LogP contribution is -2.27. The molecule has 1 unspecified atom stereocenters. The number of phenolic OH excluding ortho intramolecular Hbond substituents is 1. The predicted octanol–water partition coefficient (Wildman–Crippen LogP) is 6.05. The van der Waals surface area contributed by atoms with E-state index in [2.05, 4.69) is 72.3 Å². The fourth-order valence-electron chi connectivity index (χ4n) is 5.42. The van der Waals surface area contributed by atoms with Crippen molar-refractivity contribution in [3.05, 3.63) is 82.9 Å². The highest BCUT2D eigenvalue weighted by Crippen LogP contribution is 2.40. The van der Waals surface area contributed by atoms with E-state index in [-0.39, 0.29) is 0 Å². The molecular formula is C33H44N2O4. The molecule has 0 saturated heterocycles. The molecular weight excluding hydrogens is 488 g/mol. The molecule has 3 aromatic rings. The third-order valence-corrected chi connectivity index (χ3v) is 7.65. The maximum absolute atomic E-state index is 9.92. The van der Waals surface area contributed by atoms with Crippen molar-refractivity contribution in [3.8, 4) is 17.2 Å². The summed E-state index contributed by atoms with van der Waals surface area (Å²) in [7, 11) is 5.54. The van der Waals surface area contributed by atoms with E-state index in [9.17, 15) is 5.11 Å². The van der Waals surface area contributed by atoms with Gasteiger partial charge in [0.1, 0.15) is 23.9 Å². The Kier molecular flexibility index (Phi) is 10.5. The first-order chi connectivity index (χ1) is 19.0. The normalized spacial score (nSPS) is 14.7. The second-order valence-corrected chi connectivity index (χ2v) is 10.5. The molecule has 3 aromatic carbocycles. The quantitative estimate of drug-likeness (QED) is 0.273. The smallest absolute Gasteiger partial charge is 0.120 e. The molecule has 0 bridgehead atoms. The number of fused-ring (bicyclic) bond motifs is 1. The Morgan fingerprint density at radius 2 is 1.64 bits per heavy atom. The van der Waals surface area contributed by atoms with Gasteiger partial charge in [-0.2, -0.15) is 0 Å². The molecule has 39 heavy (non-hydrogen) atoms. The number of likely N-dealkylation sites (N-methyl/N-ethyl adjacent to an activating group) is 1. The predicted molar refractivity (Wildman–Crippen MR) is 159 cm³/mol. The van der Waals surface area contributed by atoms with E-state index >= 15 is 0 Å². The summed E-state index contributed by atoms with van der Waals surface area (Å²) in [5.74, 6) is 2.57. The van der Waals surface area contributed by atoms with Gasteiger partial charge in [-0.1, -0.05) is 31.2 Å². The molecule has 0 radical (unpaired) electrons. The fourth-order valence-corrected chi connectivity index (χ4v) is 5.42. The lowest BCUT2D eigenvalue weighted by atomic mass is 9.79. The van der Waals surface area contributed by atoms with Gasteiger partial charge in [-0.05, 0) is 91.2 Å². The molecule has 1 N–H and O–H groups in total. The van der Waals surface area contributed by atoms with Crippen LogP contribution in [-0.2, 0) is 24.1 Å². The summed E-state index contributed by atoms with van der Waals surface area (Å²) in [6, 6.07) is 20.9. The Bertz CT molecular complexity index is 1180. The number of phenols is 1. The van der Waals surface area contributed by atoms with Gasteiger partial charge in [0.05, 0.1) is 13.7 Å². The number of methoxy groups -OCH3 is 2. The van der Waals surface area contributed by atoms with Crippen molar-refractivity contribution < 1.29 is 19.3 Å². The second kappa shape index (κ2) is 14.2. The molecule has 0 aromatic heterocycles. The number of hydrogen-bond donors (Lipinski definition) is 1. The van der Waals surface area contributed by atoms with Gasteiger partial charge in [-0.3, -0.25) is 0 Å². The molecule has 1 atom stereocenters. The lowest BCUT2D eigenvalue weighted by Gasteiger charge is -2.32. The van der Waals surface area contributed by atoms with Crippen LogP contribution in [0.1, 0.15) is 47.9 Å². The molecule has 210 valence electrons. The summed E-state index contributed by atoms with van der Waals surface area (Å²) in [5, 5.41) is 9.92. The molecule has 6 heteroatoms. The molecule has 4 rings (SSSR count). The highest BCUT2D eigenvalue weighted by molar-refractivity contribution is 5.60. The van der Waals surface area contributed by atoms with Gasteiger partial charge in [0.15, 0.2) is 0 Å². The van der Waals surface area contributed by atoms with E-state index < -0.39 is 0 Å². The van der Waals surface area contributed by atoms with Crippen LogP contribution in [0.4, 0.5) is 5.69 Å². The Morgan fingerprint density at radius 1 is 0.872 bits per heavy atom. The highest BCUT2D eigenvalue weighted by Gasteiger charge is 2.25. The minimum Gasteiger partial charge on any atom is -0.508 e. The number of nitrogens with zero attached hydrogens (tertiary/aromatic N) is 2. The van der Waals surface area contributed by atoms with Crippen LogP contribution in [0.25, 0.3) is 0 Å². The van der Waals surface area contributed by atoms with E-state index in [0.29, 0.717) is 18.3 Å². The molecule has 0 amide bonds. The number of anilines is 1. The van der Waals surface area contributed by atoms with Gasteiger partial charge in [0.25, 0.3) is 0 Å². The van der Waals surface area contributed by atoms with Crippen LogP contribution < -0.4 is 14.4 Å². The Hall–Kier alpha value is -3.22. The van der Waals surface area contributed by atoms with Crippen molar-refractivity contribution >= 4 is 5.69 Å². The third-order valence-electron chi connectivity index (χ3n) is 7.65. The van der Waals surface area contributed by atoms with E-state index in [1.165, 1.54) is 27.9 Å². The SMILES string of the molecule is CCCN(Cc1ccc(OCCN(C)CCOC)cc1)c1cc(OC)ccc1C1CCc2cc(O)ccc2C1. The average Bonchev–Trinajstić information content (AvgIpc) is 2.96. The van der Waals surface area contributed by atoms with E-state index in [0.717, 1.165) is 70.0 Å². The van der Waals surface area contributed by atoms with Crippen LogP contribution >= 0.6 is 0 Å². The van der Waals surface area contributed by atoms with E-state index in [4.69, 9.17) is 14.2 Å². The van der Waals surface area contributed by atoms with Crippen molar-refractivity contribution in [1.29, 1.82) is 0 Å². The number of hydrogen-bond acceptors (Lipinski definition) is 6. The van der Waals surface area contributed by atoms with Gasteiger partial charge < -0.3 is 29.1 Å². The van der Waals surface area contributed by atoms with Gasteiger partial charge in [-0.25, -0.2) is 0 Å². The van der Waals surface area contributed by atoms with Crippen LogP contribution in [-0.4, -0.2) is 64.1 Å². The zero-order valence-electron chi connectivity index (χ0n) is 24.0. The first-order valence-electron chi connectivity index (χ1n) is 14.1. The summed E-state index contributed by atoms with van der Waals surface area (Å²) in [4.78, 5) is 4.70. The summed E-state index contributed by atoms with van der Waals surface area (Å²) in [5.41, 5.74) is 6.50. The summed E-state index contributed by atoms with van der Waals surface area (Å²) in [6.07, 6.45) is 4.10. The maximum Gasteiger partial charge on any atom is 0.120 e. The van der Waals surface area contributed by atoms with E-state index in [1.54, 1.807) is 14.2 Å². The molecule has 0 fully saturated rings. The first-order valence-corrected chi connectivity index (χ1v) is 14.1. The van der Waals surface area contributed by atoms with Crippen molar-refractivity contribution in [2.24, 2.45) is 0 Å². The van der Waals surface area contributed by atoms with Crippen molar-refractivity contribution in [2.45, 2.75) is 45.1 Å². The van der Waals surface area contributed by atoms with Crippen LogP contribution in [0, 0.1) is 0 Å². The Morgan fingerprint density at radius 3 is 2.38 bits per heavy atom. The third kappa shape index (κ3) is 7.90. The standard InChI is InChI=1S/C33H44N2O4/c1-5-16-35(24-25-6-12-30(13-7-25)39-20-18-34(2)17-19-37-3)33-23-31(38-4)14-15-32(33)28-9-8-27-22-29(36)11-10-26(27)21-28/h6-7,10-15,22-23,28,36H,5,8-9,16-21,24H2,1-4H3. The Labute approximate surface area is 234 Å². The second-order valence-electron chi connectivity index (χ2n) is 10.5. The molecule has 6 nitrogen and oxygen atoms in total. The molecule has 1 aliphatic rings. The fraction of sp³-hybridized carbons (Fsp3) is 0.455. The van der Waals surface area contributed by atoms with Crippen molar-refractivity contribution in [1.82, 2.24) is 4.90 Å². The van der Waals surface area contributed by atoms with Gasteiger partial charge in [0.2, 0.25) is 0 Å². The van der Waals surface area contributed by atoms with Crippen LogP contribution in [0.2, 0.25) is 0 Å². The zero-order chi connectivity index (χ0) is 27.6. The van der Waals surface area contributed by atoms with Crippen LogP contribution in [0.15, 0.2) is 60.7 Å². The summed E-state index contributed by atoms with van der Waals surface area (Å²) < 4.78 is 16.8.